The van der Waals surface area contributed by atoms with Gasteiger partial charge in [0.05, 0.1) is 13.2 Å². The second-order valence-corrected chi connectivity index (χ2v) is 6.73. The van der Waals surface area contributed by atoms with Gasteiger partial charge in [0.2, 0.25) is 0 Å². The van der Waals surface area contributed by atoms with Gasteiger partial charge >= 0.3 is 0 Å². The highest BCUT2D eigenvalue weighted by Crippen LogP contribution is 2.41. The Balaban J connectivity index is 1.64. The number of ether oxygens (including phenoxy) is 2. The van der Waals surface area contributed by atoms with Crippen molar-refractivity contribution in [2.24, 2.45) is 11.8 Å². The van der Waals surface area contributed by atoms with Crippen molar-refractivity contribution in [2.45, 2.75) is 50.5 Å². The highest BCUT2D eigenvalue weighted by Gasteiger charge is 2.46. The van der Waals surface area contributed by atoms with Crippen molar-refractivity contribution in [1.82, 2.24) is 10.2 Å². The van der Waals surface area contributed by atoms with Gasteiger partial charge < -0.3 is 19.7 Å². The molecule has 1 N–H and O–H groups in total. The van der Waals surface area contributed by atoms with Crippen LogP contribution in [0.4, 0.5) is 0 Å². The van der Waals surface area contributed by atoms with Crippen LogP contribution < -0.4 is 5.32 Å². The normalized spacial score (nSPS) is 41.1. The van der Waals surface area contributed by atoms with Gasteiger partial charge in [0, 0.05) is 31.5 Å². The maximum Gasteiger partial charge on any atom is 0.170 e. The fraction of sp³-hybridized carbons (Fsp3) is 1.00. The lowest BCUT2D eigenvalue weighted by atomic mass is 9.84. The minimum Gasteiger partial charge on any atom is -0.347 e. The average Bonchev–Trinajstić information content (AvgIpc) is 2.91. The first kappa shape index (κ1) is 13.8. The summed E-state index contributed by atoms with van der Waals surface area (Å²) in [5, 5.41) is 3.49. The van der Waals surface area contributed by atoms with E-state index in [-0.39, 0.29) is 5.79 Å². The minimum atomic E-state index is -0.276. The van der Waals surface area contributed by atoms with E-state index < -0.39 is 0 Å². The zero-order chi connectivity index (χ0) is 13.5. The van der Waals surface area contributed by atoms with Gasteiger partial charge in [-0.1, -0.05) is 6.92 Å². The zero-order valence-electron chi connectivity index (χ0n) is 12.5. The number of likely N-dealkylation sites (N-methyl/N-ethyl adjacent to an activating group) is 2. The zero-order valence-corrected chi connectivity index (χ0v) is 12.5. The molecule has 0 aromatic rings. The Bertz CT molecular complexity index is 317. The van der Waals surface area contributed by atoms with Gasteiger partial charge in [0.1, 0.15) is 0 Å². The first-order valence-electron chi connectivity index (χ1n) is 7.79. The average molecular weight is 268 g/mol. The Hall–Kier alpha value is -0.160. The quantitative estimate of drug-likeness (QED) is 0.837. The van der Waals surface area contributed by atoms with Gasteiger partial charge in [-0.15, -0.1) is 0 Å². The highest BCUT2D eigenvalue weighted by molar-refractivity contribution is 4.97. The molecule has 1 saturated heterocycles. The highest BCUT2D eigenvalue weighted by atomic mass is 16.7. The maximum atomic E-state index is 5.92. The van der Waals surface area contributed by atoms with Crippen molar-refractivity contribution < 1.29 is 9.47 Å². The number of hydrogen-bond donors (Lipinski definition) is 1. The van der Waals surface area contributed by atoms with Gasteiger partial charge in [0.25, 0.3) is 0 Å². The Morgan fingerprint density at radius 1 is 1.32 bits per heavy atom. The smallest absolute Gasteiger partial charge is 0.170 e. The lowest BCUT2D eigenvalue weighted by Crippen LogP contribution is -2.56. The molecule has 1 aliphatic heterocycles. The standard InChI is InChI=1S/C15H28N2O2/c1-11-8-12(11)10-17(3)14-9-15(18-6-7-19-15)5-4-13(14)16-2/h11-14,16H,4-10H2,1-3H3. The van der Waals surface area contributed by atoms with E-state index >= 15 is 0 Å². The Morgan fingerprint density at radius 2 is 2.00 bits per heavy atom. The summed E-state index contributed by atoms with van der Waals surface area (Å²) < 4.78 is 11.8. The van der Waals surface area contributed by atoms with Crippen LogP contribution in [0.1, 0.15) is 32.6 Å². The number of nitrogens with zero attached hydrogens (tertiary/aromatic N) is 1. The molecule has 3 rings (SSSR count). The molecule has 0 bridgehead atoms. The summed E-state index contributed by atoms with van der Waals surface area (Å²) in [4.78, 5) is 2.54. The van der Waals surface area contributed by atoms with Crippen molar-refractivity contribution in [3.05, 3.63) is 0 Å². The number of rotatable bonds is 4. The molecule has 2 saturated carbocycles. The third kappa shape index (κ3) is 2.82. The predicted molar refractivity (Wildman–Crippen MR) is 75.0 cm³/mol. The summed E-state index contributed by atoms with van der Waals surface area (Å²) in [5.74, 6) is 1.55. The summed E-state index contributed by atoms with van der Waals surface area (Å²) >= 11 is 0. The van der Waals surface area contributed by atoms with Gasteiger partial charge in [-0.3, -0.25) is 0 Å². The predicted octanol–water partition coefficient (Wildman–Crippen LogP) is 1.46. The molecule has 2 aliphatic carbocycles. The lowest BCUT2D eigenvalue weighted by Gasteiger charge is -2.44. The molecular weight excluding hydrogens is 240 g/mol. The van der Waals surface area contributed by atoms with Gasteiger partial charge in [0.15, 0.2) is 5.79 Å². The van der Waals surface area contributed by atoms with Crippen molar-refractivity contribution in [3.63, 3.8) is 0 Å². The Morgan fingerprint density at radius 3 is 2.58 bits per heavy atom. The molecule has 0 amide bonds. The fourth-order valence-electron chi connectivity index (χ4n) is 3.85. The SMILES string of the molecule is CNC1CCC2(CC1N(C)CC1CC1C)OCCO2. The summed E-state index contributed by atoms with van der Waals surface area (Å²) in [6.45, 7) is 5.11. The van der Waals surface area contributed by atoms with E-state index in [2.05, 4.69) is 31.2 Å². The van der Waals surface area contributed by atoms with Crippen LogP contribution in [-0.4, -0.2) is 56.6 Å². The molecule has 4 atom stereocenters. The molecule has 0 aromatic carbocycles. The summed E-state index contributed by atoms with van der Waals surface area (Å²) in [7, 11) is 4.35. The van der Waals surface area contributed by atoms with Crippen LogP contribution >= 0.6 is 0 Å². The van der Waals surface area contributed by atoms with E-state index in [1.54, 1.807) is 0 Å². The molecule has 4 heteroatoms. The van der Waals surface area contributed by atoms with Crippen LogP contribution in [0.3, 0.4) is 0 Å². The molecular formula is C15H28N2O2. The molecule has 1 heterocycles. The fourth-order valence-corrected chi connectivity index (χ4v) is 3.85. The van der Waals surface area contributed by atoms with E-state index in [1.165, 1.54) is 13.0 Å². The second kappa shape index (κ2) is 5.32. The van der Waals surface area contributed by atoms with E-state index in [1.807, 2.05) is 0 Å². The second-order valence-electron chi connectivity index (χ2n) is 6.73. The molecule has 110 valence electrons. The monoisotopic (exact) mass is 268 g/mol. The van der Waals surface area contributed by atoms with Gasteiger partial charge in [-0.25, -0.2) is 0 Å². The third-order valence-corrected chi connectivity index (χ3v) is 5.37. The maximum absolute atomic E-state index is 5.92. The first-order chi connectivity index (χ1) is 9.13. The van der Waals surface area contributed by atoms with E-state index in [9.17, 15) is 0 Å². The van der Waals surface area contributed by atoms with Gasteiger partial charge in [-0.2, -0.15) is 0 Å². The van der Waals surface area contributed by atoms with E-state index in [0.717, 1.165) is 44.3 Å². The van der Waals surface area contributed by atoms with Crippen molar-refractivity contribution in [2.75, 3.05) is 33.9 Å². The molecule has 4 unspecified atom stereocenters. The van der Waals surface area contributed by atoms with E-state index in [4.69, 9.17) is 9.47 Å². The Labute approximate surface area is 116 Å². The third-order valence-electron chi connectivity index (χ3n) is 5.37. The molecule has 3 fully saturated rings. The van der Waals surface area contributed by atoms with Crippen LogP contribution in [0.5, 0.6) is 0 Å². The number of nitrogens with one attached hydrogen (secondary N) is 1. The van der Waals surface area contributed by atoms with Crippen LogP contribution in [0.2, 0.25) is 0 Å². The van der Waals surface area contributed by atoms with E-state index in [0.29, 0.717) is 12.1 Å². The summed E-state index contributed by atoms with van der Waals surface area (Å²) in [6.07, 6.45) is 4.59. The Kier molecular flexibility index (Phi) is 3.87. The van der Waals surface area contributed by atoms with Gasteiger partial charge in [-0.05, 0) is 38.8 Å². The number of hydrogen-bond acceptors (Lipinski definition) is 4. The summed E-state index contributed by atoms with van der Waals surface area (Å²) in [5.41, 5.74) is 0. The molecule has 3 aliphatic rings. The molecule has 0 aromatic heterocycles. The van der Waals surface area contributed by atoms with Crippen molar-refractivity contribution >= 4 is 0 Å². The van der Waals surface area contributed by atoms with Crippen molar-refractivity contribution in [3.8, 4) is 0 Å². The van der Waals surface area contributed by atoms with Crippen LogP contribution in [0, 0.1) is 11.8 Å². The minimum absolute atomic E-state index is 0.276. The molecule has 4 nitrogen and oxygen atoms in total. The lowest BCUT2D eigenvalue weighted by molar-refractivity contribution is -0.192. The van der Waals surface area contributed by atoms with Crippen LogP contribution in [-0.2, 0) is 9.47 Å². The molecule has 0 radical (unpaired) electrons. The molecule has 1 spiro atoms. The van der Waals surface area contributed by atoms with Crippen LogP contribution in [0.25, 0.3) is 0 Å². The summed E-state index contributed by atoms with van der Waals surface area (Å²) in [6, 6.07) is 1.10. The topological polar surface area (TPSA) is 33.7 Å². The van der Waals surface area contributed by atoms with Crippen LogP contribution in [0.15, 0.2) is 0 Å². The largest absolute Gasteiger partial charge is 0.347 e. The first-order valence-corrected chi connectivity index (χ1v) is 7.79. The molecule has 19 heavy (non-hydrogen) atoms. The van der Waals surface area contributed by atoms with Crippen molar-refractivity contribution in [1.29, 1.82) is 0 Å².